The summed E-state index contributed by atoms with van der Waals surface area (Å²) in [5, 5.41) is 1.60. The van der Waals surface area contributed by atoms with Gasteiger partial charge in [-0.2, -0.15) is 0 Å². The standard InChI is InChI=1S/C19H20BrFN2O2/c1-12-11-23(25-19(24)13-6-3-2-4-7-13)16(18(12)22)10-14-8-5-9-15(20)17(14)21/h2-9,12,16,18H,10-11,22H2,1H3/t12-,16?,18-/m0/s1. The van der Waals surface area contributed by atoms with E-state index in [2.05, 4.69) is 15.9 Å². The molecule has 2 N–H and O–H groups in total. The van der Waals surface area contributed by atoms with Crippen molar-refractivity contribution >= 4 is 21.9 Å². The number of carbonyl (C=O) groups is 1. The van der Waals surface area contributed by atoms with Gasteiger partial charge in [-0.3, -0.25) is 0 Å². The van der Waals surface area contributed by atoms with Gasteiger partial charge in [0.25, 0.3) is 0 Å². The number of carbonyl (C=O) groups excluding carboxylic acids is 1. The van der Waals surface area contributed by atoms with Gasteiger partial charge in [0.2, 0.25) is 0 Å². The van der Waals surface area contributed by atoms with Crippen molar-refractivity contribution in [2.75, 3.05) is 6.54 Å². The molecule has 3 atom stereocenters. The van der Waals surface area contributed by atoms with Crippen molar-refractivity contribution in [1.29, 1.82) is 0 Å². The highest BCUT2D eigenvalue weighted by molar-refractivity contribution is 9.10. The minimum absolute atomic E-state index is 0.142. The molecule has 1 fully saturated rings. The van der Waals surface area contributed by atoms with E-state index in [1.54, 1.807) is 47.5 Å². The Morgan fingerprint density at radius 1 is 1.28 bits per heavy atom. The fourth-order valence-corrected chi connectivity index (χ4v) is 3.53. The predicted octanol–water partition coefficient (Wildman–Crippen LogP) is 3.55. The second-order valence-corrected chi connectivity index (χ2v) is 7.24. The van der Waals surface area contributed by atoms with Gasteiger partial charge in [-0.1, -0.05) is 37.3 Å². The number of nitrogens with zero attached hydrogens (tertiary/aromatic N) is 1. The van der Waals surface area contributed by atoms with Crippen molar-refractivity contribution in [2.24, 2.45) is 11.7 Å². The molecule has 1 aliphatic rings. The highest BCUT2D eigenvalue weighted by Gasteiger charge is 2.40. The van der Waals surface area contributed by atoms with Gasteiger partial charge < -0.3 is 10.6 Å². The van der Waals surface area contributed by atoms with Crippen molar-refractivity contribution in [2.45, 2.75) is 25.4 Å². The second kappa shape index (κ2) is 7.64. The molecule has 1 heterocycles. The molecular formula is C19H20BrFN2O2. The molecule has 0 aromatic heterocycles. The zero-order valence-corrected chi connectivity index (χ0v) is 15.4. The van der Waals surface area contributed by atoms with Gasteiger partial charge in [-0.05, 0) is 52.0 Å². The molecule has 1 aliphatic heterocycles. The second-order valence-electron chi connectivity index (χ2n) is 6.38. The molecule has 0 spiro atoms. The molecule has 0 amide bonds. The van der Waals surface area contributed by atoms with Crippen LogP contribution in [0.3, 0.4) is 0 Å². The van der Waals surface area contributed by atoms with E-state index in [1.165, 1.54) is 0 Å². The molecule has 2 aromatic carbocycles. The molecular weight excluding hydrogens is 387 g/mol. The molecule has 0 radical (unpaired) electrons. The average Bonchev–Trinajstić information content (AvgIpc) is 2.87. The van der Waals surface area contributed by atoms with E-state index < -0.39 is 5.97 Å². The summed E-state index contributed by atoms with van der Waals surface area (Å²) in [5.41, 5.74) is 7.32. The molecule has 132 valence electrons. The monoisotopic (exact) mass is 406 g/mol. The largest absolute Gasteiger partial charge is 0.364 e. The van der Waals surface area contributed by atoms with E-state index in [0.717, 1.165) is 0 Å². The quantitative estimate of drug-likeness (QED) is 0.843. The first-order chi connectivity index (χ1) is 12.0. The molecule has 2 aromatic rings. The highest BCUT2D eigenvalue weighted by atomic mass is 79.9. The maximum absolute atomic E-state index is 14.3. The van der Waals surface area contributed by atoms with Gasteiger partial charge in [-0.15, -0.1) is 5.06 Å². The number of nitrogens with two attached hydrogens (primary N) is 1. The van der Waals surface area contributed by atoms with Gasteiger partial charge >= 0.3 is 5.97 Å². The summed E-state index contributed by atoms with van der Waals surface area (Å²) in [5.74, 6) is -0.589. The van der Waals surface area contributed by atoms with Crippen LogP contribution < -0.4 is 5.73 Å². The summed E-state index contributed by atoms with van der Waals surface area (Å²) in [7, 11) is 0. The van der Waals surface area contributed by atoms with E-state index in [-0.39, 0.29) is 23.8 Å². The molecule has 4 nitrogen and oxygen atoms in total. The first kappa shape index (κ1) is 18.0. The van der Waals surface area contributed by atoms with Crippen LogP contribution >= 0.6 is 15.9 Å². The Morgan fingerprint density at radius 2 is 2.00 bits per heavy atom. The van der Waals surface area contributed by atoms with E-state index in [1.807, 2.05) is 13.0 Å². The molecule has 0 aliphatic carbocycles. The third kappa shape index (κ3) is 3.92. The zero-order chi connectivity index (χ0) is 18.0. The molecule has 0 saturated carbocycles. The Labute approximate surface area is 154 Å². The van der Waals surface area contributed by atoms with Crippen LogP contribution in [0.4, 0.5) is 4.39 Å². The van der Waals surface area contributed by atoms with Crippen molar-refractivity contribution < 1.29 is 14.0 Å². The lowest BCUT2D eigenvalue weighted by molar-refractivity contribution is -0.121. The summed E-state index contributed by atoms with van der Waals surface area (Å²) in [6, 6.07) is 13.5. The van der Waals surface area contributed by atoms with Crippen molar-refractivity contribution in [3.8, 4) is 0 Å². The molecule has 1 saturated heterocycles. The third-order valence-electron chi connectivity index (χ3n) is 4.61. The first-order valence-corrected chi connectivity index (χ1v) is 8.99. The lowest BCUT2D eigenvalue weighted by Crippen LogP contribution is -2.43. The smallest absolute Gasteiger partial charge is 0.357 e. The minimum Gasteiger partial charge on any atom is -0.364 e. The summed E-state index contributed by atoms with van der Waals surface area (Å²) in [6.07, 6.45) is 0.374. The van der Waals surface area contributed by atoms with Crippen molar-refractivity contribution in [3.05, 3.63) is 69.9 Å². The lowest BCUT2D eigenvalue weighted by atomic mass is 9.96. The molecule has 6 heteroatoms. The van der Waals surface area contributed by atoms with Gasteiger partial charge in [0.15, 0.2) is 0 Å². The van der Waals surface area contributed by atoms with Gasteiger partial charge in [0.05, 0.1) is 16.1 Å². The number of halogens is 2. The normalized spacial score (nSPS) is 23.6. The zero-order valence-electron chi connectivity index (χ0n) is 13.9. The number of hydrogen-bond acceptors (Lipinski definition) is 4. The van der Waals surface area contributed by atoms with Gasteiger partial charge in [-0.25, -0.2) is 9.18 Å². The van der Waals surface area contributed by atoms with E-state index >= 15 is 0 Å². The third-order valence-corrected chi connectivity index (χ3v) is 5.22. The Balaban J connectivity index is 1.78. The van der Waals surface area contributed by atoms with Crippen LogP contribution in [0, 0.1) is 11.7 Å². The van der Waals surface area contributed by atoms with E-state index in [4.69, 9.17) is 10.6 Å². The molecule has 1 unspecified atom stereocenters. The van der Waals surface area contributed by atoms with E-state index in [0.29, 0.717) is 28.6 Å². The molecule has 0 bridgehead atoms. The number of hydrogen-bond donors (Lipinski definition) is 1. The van der Waals surface area contributed by atoms with Crippen molar-refractivity contribution in [1.82, 2.24) is 5.06 Å². The van der Waals surface area contributed by atoms with Crippen LogP contribution in [0.1, 0.15) is 22.8 Å². The Morgan fingerprint density at radius 3 is 2.72 bits per heavy atom. The SMILES string of the molecule is C[C@H]1CN(OC(=O)c2ccccc2)C(Cc2cccc(Br)c2F)[C@H]1N. The number of benzene rings is 2. The maximum Gasteiger partial charge on any atom is 0.357 e. The fraction of sp³-hybridized carbons (Fsp3) is 0.316. The van der Waals surface area contributed by atoms with Gasteiger partial charge in [0.1, 0.15) is 5.82 Å². The molecule has 3 rings (SSSR count). The average molecular weight is 407 g/mol. The summed E-state index contributed by atoms with van der Waals surface area (Å²) >= 11 is 3.20. The van der Waals surface area contributed by atoms with Crippen LogP contribution in [0.5, 0.6) is 0 Å². The first-order valence-electron chi connectivity index (χ1n) is 8.20. The Kier molecular flexibility index (Phi) is 5.51. The minimum atomic E-state index is -0.429. The number of hydroxylamine groups is 2. The Bertz CT molecular complexity index is 756. The number of rotatable bonds is 4. The lowest BCUT2D eigenvalue weighted by Gasteiger charge is -2.25. The topological polar surface area (TPSA) is 55.6 Å². The molecule has 25 heavy (non-hydrogen) atoms. The van der Waals surface area contributed by atoms with Crippen LogP contribution in [0.25, 0.3) is 0 Å². The van der Waals surface area contributed by atoms with Crippen LogP contribution in [-0.2, 0) is 11.3 Å². The van der Waals surface area contributed by atoms with Gasteiger partial charge in [0, 0.05) is 12.6 Å². The van der Waals surface area contributed by atoms with Crippen LogP contribution in [0.2, 0.25) is 0 Å². The predicted molar refractivity (Wildman–Crippen MR) is 97.3 cm³/mol. The fourth-order valence-electron chi connectivity index (χ4n) is 3.12. The van der Waals surface area contributed by atoms with Crippen molar-refractivity contribution in [3.63, 3.8) is 0 Å². The summed E-state index contributed by atoms with van der Waals surface area (Å²) in [4.78, 5) is 17.9. The summed E-state index contributed by atoms with van der Waals surface area (Å²) < 4.78 is 14.7. The van der Waals surface area contributed by atoms with Crippen LogP contribution in [-0.4, -0.2) is 29.7 Å². The van der Waals surface area contributed by atoms with Crippen LogP contribution in [0.15, 0.2) is 53.0 Å². The Hall–Kier alpha value is -1.76. The highest BCUT2D eigenvalue weighted by Crippen LogP contribution is 2.28. The summed E-state index contributed by atoms with van der Waals surface area (Å²) in [6.45, 7) is 2.53. The maximum atomic E-state index is 14.3. The van der Waals surface area contributed by atoms with E-state index in [9.17, 15) is 9.18 Å².